The van der Waals surface area contributed by atoms with Crippen LogP contribution < -0.4 is 10.2 Å². The minimum absolute atomic E-state index is 0.0845. The van der Waals surface area contributed by atoms with E-state index >= 15 is 0 Å². The van der Waals surface area contributed by atoms with E-state index in [2.05, 4.69) is 12.2 Å². The molecule has 1 amide bonds. The highest BCUT2D eigenvalue weighted by molar-refractivity contribution is 6.05. The SMILES string of the molecule is C=O.C=O.Cc1cc(NC(=O)c2ccc(CF)c(N3CC(C)CCC(O)C3)c2)cc(F)c1F. The molecule has 1 aliphatic rings. The van der Waals surface area contributed by atoms with Crippen LogP contribution in [-0.2, 0) is 16.3 Å². The highest BCUT2D eigenvalue weighted by atomic mass is 19.2. The molecule has 2 N–H and O–H groups in total. The Morgan fingerprint density at radius 1 is 1.12 bits per heavy atom. The molecular weight excluding hydrogens is 437 g/mol. The maximum absolute atomic E-state index is 13.6. The van der Waals surface area contributed by atoms with E-state index in [4.69, 9.17) is 9.59 Å². The second-order valence-corrected chi connectivity index (χ2v) is 7.76. The fourth-order valence-corrected chi connectivity index (χ4v) is 3.68. The third kappa shape index (κ3) is 7.42. The molecule has 3 rings (SSSR count). The minimum Gasteiger partial charge on any atom is -0.391 e. The Hall–Kier alpha value is -3.20. The highest BCUT2D eigenvalue weighted by Gasteiger charge is 2.23. The number of hydrogen-bond donors (Lipinski definition) is 2. The number of β-amino-alcohol motifs (C(OH)–C–C–N with tert-alkyl or cyclic N) is 1. The smallest absolute Gasteiger partial charge is 0.255 e. The first-order valence-electron chi connectivity index (χ1n) is 10.2. The monoisotopic (exact) mass is 466 g/mol. The van der Waals surface area contributed by atoms with Crippen molar-refractivity contribution in [2.24, 2.45) is 5.92 Å². The number of carbonyl (C=O) groups excluding carboxylic acids is 3. The third-order valence-electron chi connectivity index (χ3n) is 5.26. The number of rotatable bonds is 4. The summed E-state index contributed by atoms with van der Waals surface area (Å²) in [7, 11) is 0. The number of hydrogen-bond acceptors (Lipinski definition) is 5. The van der Waals surface area contributed by atoms with E-state index in [1.807, 2.05) is 18.5 Å². The molecule has 6 nitrogen and oxygen atoms in total. The van der Waals surface area contributed by atoms with Crippen LogP contribution in [0.3, 0.4) is 0 Å². The number of halogens is 3. The lowest BCUT2D eigenvalue weighted by Crippen LogP contribution is -2.33. The van der Waals surface area contributed by atoms with E-state index in [-0.39, 0.29) is 16.8 Å². The van der Waals surface area contributed by atoms with Gasteiger partial charge in [-0.05, 0) is 49.4 Å². The zero-order chi connectivity index (χ0) is 25.1. The van der Waals surface area contributed by atoms with Crippen molar-refractivity contribution in [2.45, 2.75) is 39.5 Å². The number of aliphatic hydroxyl groups excluding tert-OH is 1. The lowest BCUT2D eigenvalue weighted by molar-refractivity contribution is -0.0987. The quantitative estimate of drug-likeness (QED) is 0.705. The standard InChI is InChI=1S/C22H25F3N2O2.2CH2O/c1-13-3-6-18(28)12-27(11-13)20-8-15(4-5-16(20)10-23)22(29)26-17-7-14(2)21(25)19(24)9-17;2*1-2/h4-5,7-9,13,18,28H,3,6,10-12H2,1-2H3,(H,26,29);2*1H2. The molecule has 1 heterocycles. The highest BCUT2D eigenvalue weighted by Crippen LogP contribution is 2.28. The van der Waals surface area contributed by atoms with Gasteiger partial charge in [0.05, 0.1) is 6.10 Å². The molecule has 9 heteroatoms. The molecule has 1 saturated heterocycles. The van der Waals surface area contributed by atoms with Gasteiger partial charge in [0.25, 0.3) is 5.91 Å². The molecular formula is C24H29F3N2O4. The molecule has 1 aliphatic heterocycles. The van der Waals surface area contributed by atoms with E-state index in [1.165, 1.54) is 19.1 Å². The number of aryl methyl sites for hydroxylation is 1. The van der Waals surface area contributed by atoms with Gasteiger partial charge >= 0.3 is 0 Å². The van der Waals surface area contributed by atoms with E-state index in [1.54, 1.807) is 12.1 Å². The van der Waals surface area contributed by atoms with Crippen LogP contribution in [0.5, 0.6) is 0 Å². The zero-order valence-electron chi connectivity index (χ0n) is 18.7. The third-order valence-corrected chi connectivity index (χ3v) is 5.26. The van der Waals surface area contributed by atoms with E-state index < -0.39 is 30.3 Å². The maximum Gasteiger partial charge on any atom is 0.255 e. The van der Waals surface area contributed by atoms with Crippen molar-refractivity contribution in [3.8, 4) is 0 Å². The van der Waals surface area contributed by atoms with Crippen LogP contribution in [0.25, 0.3) is 0 Å². The first-order chi connectivity index (χ1) is 15.8. The maximum atomic E-state index is 13.6. The molecule has 2 aromatic rings. The van der Waals surface area contributed by atoms with Crippen LogP contribution in [0.15, 0.2) is 30.3 Å². The van der Waals surface area contributed by atoms with E-state index in [0.29, 0.717) is 36.7 Å². The van der Waals surface area contributed by atoms with Crippen molar-refractivity contribution in [2.75, 3.05) is 23.3 Å². The van der Waals surface area contributed by atoms with Gasteiger partial charge in [0.2, 0.25) is 0 Å². The van der Waals surface area contributed by atoms with Gasteiger partial charge in [-0.2, -0.15) is 0 Å². The fraction of sp³-hybridized carbons (Fsp3) is 0.375. The molecule has 0 aromatic heterocycles. The summed E-state index contributed by atoms with van der Waals surface area (Å²) in [5.74, 6) is -2.18. The normalized spacial score (nSPS) is 17.6. The van der Waals surface area contributed by atoms with Crippen molar-refractivity contribution in [1.29, 1.82) is 0 Å². The Bertz CT molecular complexity index is 905. The van der Waals surface area contributed by atoms with Crippen LogP contribution in [0.2, 0.25) is 0 Å². The lowest BCUT2D eigenvalue weighted by Gasteiger charge is -2.28. The topological polar surface area (TPSA) is 86.7 Å². The van der Waals surface area contributed by atoms with Gasteiger partial charge in [-0.3, -0.25) is 4.79 Å². The minimum atomic E-state index is -1.04. The summed E-state index contributed by atoms with van der Waals surface area (Å²) < 4.78 is 40.6. The summed E-state index contributed by atoms with van der Waals surface area (Å²) in [5.41, 5.74) is 1.49. The van der Waals surface area contributed by atoms with Gasteiger partial charge in [-0.15, -0.1) is 0 Å². The molecule has 33 heavy (non-hydrogen) atoms. The van der Waals surface area contributed by atoms with E-state index in [9.17, 15) is 23.1 Å². The van der Waals surface area contributed by atoms with Crippen molar-refractivity contribution in [1.82, 2.24) is 0 Å². The van der Waals surface area contributed by atoms with Crippen LogP contribution >= 0.6 is 0 Å². The Labute approximate surface area is 191 Å². The van der Waals surface area contributed by atoms with Gasteiger partial charge in [-0.25, -0.2) is 13.2 Å². The Morgan fingerprint density at radius 3 is 2.39 bits per heavy atom. The number of alkyl halides is 1. The zero-order valence-corrected chi connectivity index (χ0v) is 18.7. The number of nitrogens with one attached hydrogen (secondary N) is 1. The molecule has 0 aliphatic carbocycles. The molecule has 0 saturated carbocycles. The Kier molecular flexibility index (Phi) is 11.3. The van der Waals surface area contributed by atoms with Crippen molar-refractivity contribution >= 4 is 30.9 Å². The summed E-state index contributed by atoms with van der Waals surface area (Å²) in [6.45, 7) is 7.80. The summed E-state index contributed by atoms with van der Waals surface area (Å²) >= 11 is 0. The van der Waals surface area contributed by atoms with Crippen molar-refractivity contribution in [3.63, 3.8) is 0 Å². The molecule has 1 fully saturated rings. The summed E-state index contributed by atoms with van der Waals surface area (Å²) in [6, 6.07) is 6.90. The van der Waals surface area contributed by atoms with E-state index in [0.717, 1.165) is 12.5 Å². The first kappa shape index (κ1) is 27.8. The molecule has 180 valence electrons. The van der Waals surface area contributed by atoms with Gasteiger partial charge in [0.15, 0.2) is 11.6 Å². The van der Waals surface area contributed by atoms with Crippen LogP contribution in [0, 0.1) is 24.5 Å². The molecule has 0 radical (unpaired) electrons. The Balaban J connectivity index is 0.00000129. The van der Waals surface area contributed by atoms with Crippen molar-refractivity contribution < 1.29 is 32.7 Å². The molecule has 2 aromatic carbocycles. The fourth-order valence-electron chi connectivity index (χ4n) is 3.68. The number of anilines is 2. The van der Waals surface area contributed by atoms with Gasteiger partial charge in [0.1, 0.15) is 20.3 Å². The van der Waals surface area contributed by atoms with Crippen LogP contribution in [0.1, 0.15) is 41.3 Å². The molecule has 2 atom stereocenters. The summed E-state index contributed by atoms with van der Waals surface area (Å²) in [5, 5.41) is 12.7. The first-order valence-corrected chi connectivity index (χ1v) is 10.2. The predicted octanol–water partition coefficient (Wildman–Crippen LogP) is 4.22. The second-order valence-electron chi connectivity index (χ2n) is 7.76. The van der Waals surface area contributed by atoms with Gasteiger partial charge in [-0.1, -0.05) is 13.0 Å². The predicted molar refractivity (Wildman–Crippen MR) is 121 cm³/mol. The van der Waals surface area contributed by atoms with Crippen LogP contribution in [-0.4, -0.2) is 43.8 Å². The molecule has 0 bridgehead atoms. The molecule has 0 spiro atoms. The number of carbonyl (C=O) groups is 3. The van der Waals surface area contributed by atoms with Gasteiger partial charge < -0.3 is 24.9 Å². The number of nitrogens with zero attached hydrogens (tertiary/aromatic N) is 1. The number of aliphatic hydroxyl groups is 1. The Morgan fingerprint density at radius 2 is 1.79 bits per heavy atom. The lowest BCUT2D eigenvalue weighted by atomic mass is 10.0. The summed E-state index contributed by atoms with van der Waals surface area (Å²) in [4.78, 5) is 30.6. The molecule has 2 unspecified atom stereocenters. The second kappa shape index (κ2) is 13.4. The average molecular weight is 467 g/mol. The summed E-state index contributed by atoms with van der Waals surface area (Å²) in [6.07, 6.45) is 1.03. The number of benzene rings is 2. The number of amides is 1. The van der Waals surface area contributed by atoms with Gasteiger partial charge in [0, 0.05) is 41.7 Å². The largest absolute Gasteiger partial charge is 0.391 e. The van der Waals surface area contributed by atoms with Crippen molar-refractivity contribution in [3.05, 3.63) is 58.7 Å². The van der Waals surface area contributed by atoms with Crippen LogP contribution in [0.4, 0.5) is 24.5 Å². The average Bonchev–Trinajstić information content (AvgIpc) is 2.99.